The van der Waals surface area contributed by atoms with Gasteiger partial charge < -0.3 is 19.6 Å². The Bertz CT molecular complexity index is 548. The highest BCUT2D eigenvalue weighted by molar-refractivity contribution is 5.77. The van der Waals surface area contributed by atoms with E-state index in [1.54, 1.807) is 12.1 Å². The van der Waals surface area contributed by atoms with Crippen molar-refractivity contribution >= 4 is 5.91 Å². The van der Waals surface area contributed by atoms with Gasteiger partial charge in [0.2, 0.25) is 0 Å². The molecule has 1 amide bonds. The normalized spacial score (nSPS) is 11.9. The van der Waals surface area contributed by atoms with Gasteiger partial charge in [0.05, 0.1) is 6.26 Å². The summed E-state index contributed by atoms with van der Waals surface area (Å²) in [5.41, 5.74) is 1.14. The molecule has 2 N–H and O–H groups in total. The SMILES string of the molecule is Cc1ccc(OCC(=O)NCC[C@@H](O)c2ccco2)cc1. The van der Waals surface area contributed by atoms with Crippen LogP contribution in [0.4, 0.5) is 0 Å². The van der Waals surface area contributed by atoms with Crippen molar-refractivity contribution in [3.63, 3.8) is 0 Å². The molecule has 1 aromatic carbocycles. The quantitative estimate of drug-likeness (QED) is 0.819. The van der Waals surface area contributed by atoms with Crippen LogP contribution < -0.4 is 10.1 Å². The number of hydrogen-bond donors (Lipinski definition) is 2. The molecule has 1 heterocycles. The standard InChI is InChI=1S/C16H19NO4/c1-12-4-6-13(7-5-12)21-11-16(19)17-9-8-14(18)15-3-2-10-20-15/h2-7,10,14,18H,8-9,11H2,1H3,(H,17,19)/t14-/m1/s1. The van der Waals surface area contributed by atoms with Crippen LogP contribution in [0.2, 0.25) is 0 Å². The number of aryl methyl sites for hydroxylation is 1. The van der Waals surface area contributed by atoms with Crippen LogP contribution in [0, 0.1) is 6.92 Å². The van der Waals surface area contributed by atoms with E-state index in [1.165, 1.54) is 6.26 Å². The van der Waals surface area contributed by atoms with Gasteiger partial charge in [-0.2, -0.15) is 0 Å². The summed E-state index contributed by atoms with van der Waals surface area (Å²) < 4.78 is 10.4. The van der Waals surface area contributed by atoms with Gasteiger partial charge in [-0.3, -0.25) is 4.79 Å². The molecule has 0 aliphatic heterocycles. The number of furan rings is 1. The number of benzene rings is 1. The van der Waals surface area contributed by atoms with Crippen molar-refractivity contribution < 1.29 is 19.1 Å². The number of amides is 1. The van der Waals surface area contributed by atoms with Gasteiger partial charge in [0, 0.05) is 6.54 Å². The van der Waals surface area contributed by atoms with E-state index in [1.807, 2.05) is 31.2 Å². The lowest BCUT2D eigenvalue weighted by atomic mass is 10.2. The molecule has 0 aliphatic carbocycles. The Labute approximate surface area is 123 Å². The smallest absolute Gasteiger partial charge is 0.257 e. The molecule has 2 rings (SSSR count). The molecule has 21 heavy (non-hydrogen) atoms. The lowest BCUT2D eigenvalue weighted by Crippen LogP contribution is -2.30. The van der Waals surface area contributed by atoms with Crippen molar-refractivity contribution in [2.24, 2.45) is 0 Å². The van der Waals surface area contributed by atoms with E-state index < -0.39 is 6.10 Å². The van der Waals surface area contributed by atoms with E-state index in [-0.39, 0.29) is 12.5 Å². The Morgan fingerprint density at radius 3 is 2.76 bits per heavy atom. The molecule has 1 atom stereocenters. The zero-order valence-electron chi connectivity index (χ0n) is 11.9. The van der Waals surface area contributed by atoms with Crippen LogP contribution in [0.3, 0.4) is 0 Å². The van der Waals surface area contributed by atoms with E-state index in [9.17, 15) is 9.90 Å². The largest absolute Gasteiger partial charge is 0.484 e. The summed E-state index contributed by atoms with van der Waals surface area (Å²) in [6, 6.07) is 10.9. The Morgan fingerprint density at radius 1 is 1.33 bits per heavy atom. The lowest BCUT2D eigenvalue weighted by molar-refractivity contribution is -0.123. The highest BCUT2D eigenvalue weighted by atomic mass is 16.5. The summed E-state index contributed by atoms with van der Waals surface area (Å²) in [5, 5.41) is 12.5. The van der Waals surface area contributed by atoms with Gasteiger partial charge >= 0.3 is 0 Å². The summed E-state index contributed by atoms with van der Waals surface area (Å²) in [6.07, 6.45) is 1.19. The molecule has 112 valence electrons. The summed E-state index contributed by atoms with van der Waals surface area (Å²) in [4.78, 5) is 11.6. The van der Waals surface area contributed by atoms with Gasteiger partial charge in [-0.05, 0) is 37.6 Å². The molecule has 2 aromatic rings. The molecule has 0 radical (unpaired) electrons. The Morgan fingerprint density at radius 2 is 2.10 bits per heavy atom. The molecular weight excluding hydrogens is 270 g/mol. The first kappa shape index (κ1) is 15.1. The third kappa shape index (κ3) is 4.96. The lowest BCUT2D eigenvalue weighted by Gasteiger charge is -2.10. The fourth-order valence-electron chi connectivity index (χ4n) is 1.81. The van der Waals surface area contributed by atoms with Crippen LogP contribution in [0.1, 0.15) is 23.8 Å². The molecule has 0 unspecified atom stereocenters. The summed E-state index contributed by atoms with van der Waals surface area (Å²) in [6.45, 7) is 2.30. The summed E-state index contributed by atoms with van der Waals surface area (Å²) >= 11 is 0. The number of nitrogens with one attached hydrogen (secondary N) is 1. The number of carbonyl (C=O) groups excluding carboxylic acids is 1. The minimum Gasteiger partial charge on any atom is -0.484 e. The van der Waals surface area contributed by atoms with Gasteiger partial charge in [-0.15, -0.1) is 0 Å². The van der Waals surface area contributed by atoms with Crippen LogP contribution in [-0.4, -0.2) is 24.2 Å². The number of hydrogen-bond acceptors (Lipinski definition) is 4. The van der Waals surface area contributed by atoms with Gasteiger partial charge in [-0.25, -0.2) is 0 Å². The maximum absolute atomic E-state index is 11.6. The molecule has 0 saturated carbocycles. The number of ether oxygens (including phenoxy) is 1. The molecular formula is C16H19NO4. The number of aliphatic hydroxyl groups is 1. The first-order chi connectivity index (χ1) is 10.1. The Kier molecular flexibility index (Phi) is 5.40. The van der Waals surface area contributed by atoms with Crippen LogP contribution in [0.25, 0.3) is 0 Å². The zero-order chi connectivity index (χ0) is 15.1. The minimum absolute atomic E-state index is 0.0418. The zero-order valence-corrected chi connectivity index (χ0v) is 11.9. The maximum atomic E-state index is 11.6. The summed E-state index contributed by atoms with van der Waals surface area (Å²) in [5.74, 6) is 0.939. The van der Waals surface area contributed by atoms with E-state index in [2.05, 4.69) is 5.32 Å². The Hall–Kier alpha value is -2.27. The predicted molar refractivity (Wildman–Crippen MR) is 78.0 cm³/mol. The highest BCUT2D eigenvalue weighted by Crippen LogP contribution is 2.15. The first-order valence-electron chi connectivity index (χ1n) is 6.83. The van der Waals surface area contributed by atoms with Crippen LogP contribution >= 0.6 is 0 Å². The molecule has 0 bridgehead atoms. The molecule has 0 fully saturated rings. The Balaban J connectivity index is 1.64. The maximum Gasteiger partial charge on any atom is 0.257 e. The first-order valence-corrected chi connectivity index (χ1v) is 6.83. The average molecular weight is 289 g/mol. The second-order valence-corrected chi connectivity index (χ2v) is 4.77. The molecule has 5 nitrogen and oxygen atoms in total. The molecule has 0 saturated heterocycles. The monoisotopic (exact) mass is 289 g/mol. The van der Waals surface area contributed by atoms with Gasteiger partial charge in [-0.1, -0.05) is 17.7 Å². The van der Waals surface area contributed by atoms with E-state index in [0.29, 0.717) is 24.5 Å². The van der Waals surface area contributed by atoms with E-state index in [4.69, 9.17) is 9.15 Å². The van der Waals surface area contributed by atoms with Crippen molar-refractivity contribution in [2.75, 3.05) is 13.2 Å². The van der Waals surface area contributed by atoms with Crippen LogP contribution in [0.5, 0.6) is 5.75 Å². The van der Waals surface area contributed by atoms with Gasteiger partial charge in [0.25, 0.3) is 5.91 Å². The van der Waals surface area contributed by atoms with Crippen molar-refractivity contribution in [3.05, 3.63) is 54.0 Å². The minimum atomic E-state index is -0.710. The summed E-state index contributed by atoms with van der Waals surface area (Å²) in [7, 11) is 0. The fourth-order valence-corrected chi connectivity index (χ4v) is 1.81. The molecule has 1 aromatic heterocycles. The van der Waals surface area contributed by atoms with Crippen LogP contribution in [0.15, 0.2) is 47.1 Å². The predicted octanol–water partition coefficient (Wildman–Crippen LogP) is 2.21. The van der Waals surface area contributed by atoms with Gasteiger partial charge in [0.1, 0.15) is 17.6 Å². The second-order valence-electron chi connectivity index (χ2n) is 4.77. The topological polar surface area (TPSA) is 71.7 Å². The molecule has 5 heteroatoms. The molecule has 0 aliphatic rings. The molecule has 0 spiro atoms. The third-order valence-corrected chi connectivity index (χ3v) is 3.00. The average Bonchev–Trinajstić information content (AvgIpc) is 3.01. The number of aliphatic hydroxyl groups excluding tert-OH is 1. The van der Waals surface area contributed by atoms with Crippen molar-refractivity contribution in [2.45, 2.75) is 19.4 Å². The van der Waals surface area contributed by atoms with Crippen molar-refractivity contribution in [1.82, 2.24) is 5.32 Å². The fraction of sp³-hybridized carbons (Fsp3) is 0.312. The second kappa shape index (κ2) is 7.50. The van der Waals surface area contributed by atoms with Crippen LogP contribution in [-0.2, 0) is 4.79 Å². The van der Waals surface area contributed by atoms with Crippen molar-refractivity contribution in [1.29, 1.82) is 0 Å². The number of rotatable bonds is 7. The highest BCUT2D eigenvalue weighted by Gasteiger charge is 2.10. The van der Waals surface area contributed by atoms with Gasteiger partial charge in [0.15, 0.2) is 6.61 Å². The van der Waals surface area contributed by atoms with E-state index in [0.717, 1.165) is 5.56 Å². The number of carbonyl (C=O) groups is 1. The third-order valence-electron chi connectivity index (χ3n) is 3.00. The van der Waals surface area contributed by atoms with Crippen molar-refractivity contribution in [3.8, 4) is 5.75 Å². The van der Waals surface area contributed by atoms with E-state index >= 15 is 0 Å².